The van der Waals surface area contributed by atoms with Crippen molar-refractivity contribution in [3.05, 3.63) is 54.3 Å². The lowest BCUT2D eigenvalue weighted by atomic mass is 9.79. The number of hydrogen-bond donors (Lipinski definition) is 0. The highest BCUT2D eigenvalue weighted by Crippen LogP contribution is 2.33. The molecule has 0 bridgehead atoms. The molecule has 1 fully saturated rings. The minimum atomic E-state index is -0.202. The van der Waals surface area contributed by atoms with Crippen molar-refractivity contribution in [1.82, 2.24) is 0 Å². The van der Waals surface area contributed by atoms with E-state index < -0.39 is 0 Å². The fourth-order valence-corrected chi connectivity index (χ4v) is 3.88. The van der Waals surface area contributed by atoms with Crippen LogP contribution in [0.1, 0.15) is 51.9 Å². The summed E-state index contributed by atoms with van der Waals surface area (Å²) in [6, 6.07) is 14.7. The van der Waals surface area contributed by atoms with Crippen molar-refractivity contribution in [2.75, 3.05) is 6.61 Å². The van der Waals surface area contributed by atoms with Crippen LogP contribution in [0.4, 0.5) is 4.39 Å². The molecule has 3 rings (SSSR count). The van der Waals surface area contributed by atoms with Crippen LogP contribution in [0.25, 0.3) is 11.1 Å². The molecule has 1 aliphatic rings. The van der Waals surface area contributed by atoms with Crippen LogP contribution in [-0.2, 0) is 0 Å². The van der Waals surface area contributed by atoms with Crippen LogP contribution < -0.4 is 4.74 Å². The van der Waals surface area contributed by atoms with Gasteiger partial charge in [0.25, 0.3) is 0 Å². The van der Waals surface area contributed by atoms with Gasteiger partial charge in [0.2, 0.25) is 0 Å². The van der Waals surface area contributed by atoms with E-state index in [1.54, 1.807) is 12.1 Å². The highest BCUT2D eigenvalue weighted by atomic mass is 19.1. The number of hydrogen-bond acceptors (Lipinski definition) is 1. The largest absolute Gasteiger partial charge is 0.494 e. The van der Waals surface area contributed by atoms with Crippen molar-refractivity contribution >= 4 is 0 Å². The molecule has 2 aromatic rings. The van der Waals surface area contributed by atoms with E-state index in [1.165, 1.54) is 50.7 Å². The molecule has 25 heavy (non-hydrogen) atoms. The summed E-state index contributed by atoms with van der Waals surface area (Å²) in [5, 5.41) is 0. The van der Waals surface area contributed by atoms with Crippen molar-refractivity contribution in [3.8, 4) is 16.9 Å². The average molecular weight is 340 g/mol. The van der Waals surface area contributed by atoms with Crippen LogP contribution in [0.5, 0.6) is 5.75 Å². The molecule has 0 atom stereocenters. The van der Waals surface area contributed by atoms with Crippen LogP contribution >= 0.6 is 0 Å². The number of rotatable bonds is 7. The Bertz CT molecular complexity index is 624. The monoisotopic (exact) mass is 340 g/mol. The molecule has 0 aromatic heterocycles. The summed E-state index contributed by atoms with van der Waals surface area (Å²) >= 11 is 0. The van der Waals surface area contributed by atoms with Crippen molar-refractivity contribution in [2.45, 2.75) is 51.9 Å². The molecule has 1 aliphatic carbocycles. The maximum Gasteiger partial charge on any atom is 0.123 e. The van der Waals surface area contributed by atoms with Gasteiger partial charge in [-0.05, 0) is 60.1 Å². The Balaban J connectivity index is 1.39. The van der Waals surface area contributed by atoms with Crippen LogP contribution in [0, 0.1) is 17.7 Å². The average Bonchev–Trinajstić information content (AvgIpc) is 2.67. The molecule has 0 amide bonds. The zero-order chi connectivity index (χ0) is 17.5. The molecular weight excluding hydrogens is 311 g/mol. The zero-order valence-electron chi connectivity index (χ0n) is 15.2. The number of halogens is 1. The van der Waals surface area contributed by atoms with Gasteiger partial charge in [0.15, 0.2) is 0 Å². The van der Waals surface area contributed by atoms with E-state index in [-0.39, 0.29) is 5.82 Å². The fourth-order valence-electron chi connectivity index (χ4n) is 3.88. The summed E-state index contributed by atoms with van der Waals surface area (Å²) in [4.78, 5) is 0. The van der Waals surface area contributed by atoms with Crippen LogP contribution in [0.15, 0.2) is 48.5 Å². The van der Waals surface area contributed by atoms with Gasteiger partial charge in [-0.2, -0.15) is 0 Å². The Labute approximate surface area is 151 Å². The lowest BCUT2D eigenvalue weighted by Crippen LogP contribution is -2.14. The van der Waals surface area contributed by atoms with Crippen molar-refractivity contribution in [2.24, 2.45) is 11.8 Å². The predicted molar refractivity (Wildman–Crippen MR) is 102 cm³/mol. The van der Waals surface area contributed by atoms with Gasteiger partial charge in [0, 0.05) is 0 Å². The van der Waals surface area contributed by atoms with Crippen LogP contribution in [0.3, 0.4) is 0 Å². The molecule has 0 aliphatic heterocycles. The normalized spacial score (nSPS) is 20.4. The van der Waals surface area contributed by atoms with E-state index in [4.69, 9.17) is 4.74 Å². The molecule has 2 aromatic carbocycles. The molecule has 0 heterocycles. The van der Waals surface area contributed by atoms with Crippen LogP contribution in [0.2, 0.25) is 0 Å². The molecule has 1 saturated carbocycles. The second-order valence-corrected chi connectivity index (χ2v) is 7.32. The van der Waals surface area contributed by atoms with E-state index in [0.29, 0.717) is 0 Å². The van der Waals surface area contributed by atoms with Gasteiger partial charge in [-0.3, -0.25) is 0 Å². The quantitative estimate of drug-likeness (QED) is 0.500. The topological polar surface area (TPSA) is 9.23 Å². The number of benzene rings is 2. The van der Waals surface area contributed by atoms with Crippen molar-refractivity contribution < 1.29 is 9.13 Å². The van der Waals surface area contributed by atoms with Gasteiger partial charge in [0.1, 0.15) is 11.6 Å². The SMILES string of the molecule is CCC1CCC(CCCOc2ccc(-c3ccc(F)cc3)cc2)CC1. The highest BCUT2D eigenvalue weighted by molar-refractivity contribution is 5.63. The summed E-state index contributed by atoms with van der Waals surface area (Å²) in [5.74, 6) is 2.60. The summed E-state index contributed by atoms with van der Waals surface area (Å²) in [6.07, 6.45) is 9.45. The maximum atomic E-state index is 13.0. The van der Waals surface area contributed by atoms with Crippen LogP contribution in [-0.4, -0.2) is 6.61 Å². The second-order valence-electron chi connectivity index (χ2n) is 7.32. The van der Waals surface area contributed by atoms with E-state index in [2.05, 4.69) is 6.92 Å². The molecule has 2 heteroatoms. The third kappa shape index (κ3) is 5.32. The molecular formula is C23H29FO. The molecule has 0 saturated heterocycles. The highest BCUT2D eigenvalue weighted by Gasteiger charge is 2.19. The van der Waals surface area contributed by atoms with Crippen molar-refractivity contribution in [3.63, 3.8) is 0 Å². The first-order valence-electron chi connectivity index (χ1n) is 9.73. The Morgan fingerprint density at radius 2 is 1.40 bits per heavy atom. The van der Waals surface area contributed by atoms with Gasteiger partial charge in [-0.25, -0.2) is 4.39 Å². The second kappa shape index (κ2) is 9.03. The summed E-state index contributed by atoms with van der Waals surface area (Å²) < 4.78 is 18.9. The minimum Gasteiger partial charge on any atom is -0.494 e. The smallest absolute Gasteiger partial charge is 0.123 e. The summed E-state index contributed by atoms with van der Waals surface area (Å²) in [7, 11) is 0. The van der Waals surface area contributed by atoms with Gasteiger partial charge < -0.3 is 4.74 Å². The first-order chi connectivity index (χ1) is 12.2. The van der Waals surface area contributed by atoms with E-state index in [1.807, 2.05) is 24.3 Å². The summed E-state index contributed by atoms with van der Waals surface area (Å²) in [6.45, 7) is 3.11. The van der Waals surface area contributed by atoms with E-state index >= 15 is 0 Å². The van der Waals surface area contributed by atoms with E-state index in [0.717, 1.165) is 41.7 Å². The third-order valence-electron chi connectivity index (χ3n) is 5.60. The minimum absolute atomic E-state index is 0.202. The first-order valence-corrected chi connectivity index (χ1v) is 9.73. The van der Waals surface area contributed by atoms with Gasteiger partial charge in [-0.1, -0.05) is 63.3 Å². The third-order valence-corrected chi connectivity index (χ3v) is 5.60. The molecule has 0 radical (unpaired) electrons. The van der Waals surface area contributed by atoms with Gasteiger partial charge >= 0.3 is 0 Å². The summed E-state index contributed by atoms with van der Waals surface area (Å²) in [5.41, 5.74) is 2.11. The Kier molecular flexibility index (Phi) is 6.49. The molecule has 1 nitrogen and oxygen atoms in total. The van der Waals surface area contributed by atoms with E-state index in [9.17, 15) is 4.39 Å². The Morgan fingerprint density at radius 3 is 2.00 bits per heavy atom. The van der Waals surface area contributed by atoms with Gasteiger partial charge in [0.05, 0.1) is 6.61 Å². The van der Waals surface area contributed by atoms with Gasteiger partial charge in [-0.15, -0.1) is 0 Å². The lowest BCUT2D eigenvalue weighted by molar-refractivity contribution is 0.234. The van der Waals surface area contributed by atoms with Crippen molar-refractivity contribution in [1.29, 1.82) is 0 Å². The number of ether oxygens (including phenoxy) is 1. The molecule has 0 unspecified atom stereocenters. The Hall–Kier alpha value is -1.83. The molecule has 0 N–H and O–H groups in total. The first kappa shape index (κ1) is 18.0. The predicted octanol–water partition coefficient (Wildman–Crippen LogP) is 6.87. The maximum absolute atomic E-state index is 13.0. The Morgan fingerprint density at radius 1 is 0.840 bits per heavy atom. The lowest BCUT2D eigenvalue weighted by Gasteiger charge is -2.27. The molecule has 134 valence electrons. The standard InChI is InChI=1S/C23H29FO/c1-2-18-5-7-19(8-6-18)4-3-17-25-23-15-11-21(12-16-23)20-9-13-22(24)14-10-20/h9-16,18-19H,2-8,17H2,1H3. The molecule has 0 spiro atoms. The zero-order valence-corrected chi connectivity index (χ0v) is 15.2. The fraction of sp³-hybridized carbons (Fsp3) is 0.478.